The Balaban J connectivity index is 0.000000757. The molecule has 3 heterocycles. The number of pyridine rings is 1. The Morgan fingerprint density at radius 2 is 1.70 bits per heavy atom. The molecule has 3 aromatic rings. The second kappa shape index (κ2) is 11.9. The molecule has 5 heteroatoms. The van der Waals surface area contributed by atoms with Gasteiger partial charge in [-0.3, -0.25) is 4.98 Å². The summed E-state index contributed by atoms with van der Waals surface area (Å²) in [6, 6.07) is 5.86. The van der Waals surface area contributed by atoms with Gasteiger partial charge < -0.3 is 9.13 Å². The minimum atomic E-state index is 0.580. The SMILES string of the molecule is CC.CC.CC1C=CC(Cn2cncc2Cn2cnc(-c3ccccn3)c2)=CC1C. The zero-order valence-corrected chi connectivity index (χ0v) is 19.2. The maximum absolute atomic E-state index is 4.48. The molecular weight excluding hydrogens is 370 g/mol. The van der Waals surface area contributed by atoms with Gasteiger partial charge in [0.05, 0.1) is 30.6 Å². The lowest BCUT2D eigenvalue weighted by molar-refractivity contribution is 0.542. The lowest BCUT2D eigenvalue weighted by Crippen LogP contribution is -2.12. The third kappa shape index (κ3) is 6.02. The Kier molecular flexibility index (Phi) is 9.26. The van der Waals surface area contributed by atoms with Gasteiger partial charge in [-0.05, 0) is 29.5 Å². The number of rotatable bonds is 5. The van der Waals surface area contributed by atoms with Crippen molar-refractivity contribution in [1.29, 1.82) is 0 Å². The molecule has 0 amide bonds. The van der Waals surface area contributed by atoms with Crippen molar-refractivity contribution >= 4 is 0 Å². The molecule has 160 valence electrons. The third-order valence-electron chi connectivity index (χ3n) is 4.98. The normalized spacial score (nSPS) is 17.3. The predicted octanol–water partition coefficient (Wildman–Crippen LogP) is 6.01. The first kappa shape index (κ1) is 23.3. The van der Waals surface area contributed by atoms with Crippen molar-refractivity contribution in [3.63, 3.8) is 0 Å². The van der Waals surface area contributed by atoms with Crippen LogP contribution in [0.3, 0.4) is 0 Å². The molecule has 5 nitrogen and oxygen atoms in total. The largest absolute Gasteiger partial charge is 0.331 e. The lowest BCUT2D eigenvalue weighted by atomic mass is 9.88. The first-order valence-electron chi connectivity index (χ1n) is 11.0. The van der Waals surface area contributed by atoms with Crippen LogP contribution >= 0.6 is 0 Å². The lowest BCUT2D eigenvalue weighted by Gasteiger charge is -2.20. The molecule has 0 aliphatic heterocycles. The summed E-state index contributed by atoms with van der Waals surface area (Å²) < 4.78 is 4.28. The first-order valence-corrected chi connectivity index (χ1v) is 11.0. The summed E-state index contributed by atoms with van der Waals surface area (Å²) in [5, 5.41) is 0. The average Bonchev–Trinajstić information content (AvgIpc) is 3.44. The van der Waals surface area contributed by atoms with Crippen LogP contribution in [0.5, 0.6) is 0 Å². The van der Waals surface area contributed by atoms with Crippen molar-refractivity contribution < 1.29 is 0 Å². The topological polar surface area (TPSA) is 48.5 Å². The van der Waals surface area contributed by atoms with E-state index in [-0.39, 0.29) is 0 Å². The van der Waals surface area contributed by atoms with Crippen molar-refractivity contribution in [3.8, 4) is 11.4 Å². The number of imidazole rings is 2. The summed E-state index contributed by atoms with van der Waals surface area (Å²) in [5.41, 5.74) is 4.28. The minimum Gasteiger partial charge on any atom is -0.331 e. The van der Waals surface area contributed by atoms with E-state index in [0.29, 0.717) is 11.8 Å². The molecule has 0 spiro atoms. The average molecular weight is 406 g/mol. The van der Waals surface area contributed by atoms with Gasteiger partial charge in [-0.1, -0.05) is 65.8 Å². The smallest absolute Gasteiger partial charge is 0.107 e. The predicted molar refractivity (Wildman–Crippen MR) is 125 cm³/mol. The molecule has 0 N–H and O–H groups in total. The summed E-state index contributed by atoms with van der Waals surface area (Å²) in [5.74, 6) is 1.19. The fourth-order valence-corrected chi connectivity index (χ4v) is 3.20. The molecular formula is C25H35N5. The van der Waals surface area contributed by atoms with Gasteiger partial charge in [-0.2, -0.15) is 0 Å². The van der Waals surface area contributed by atoms with Crippen LogP contribution in [-0.2, 0) is 13.1 Å². The van der Waals surface area contributed by atoms with Gasteiger partial charge in [0, 0.05) is 25.1 Å². The second-order valence-corrected chi connectivity index (χ2v) is 6.98. The maximum atomic E-state index is 4.48. The molecule has 2 unspecified atom stereocenters. The standard InChI is InChI=1S/C21H23N5.2C2H6/c1-16-6-7-18(9-17(16)2)11-26-14-22-10-19(26)12-25-13-21(24-15-25)20-5-3-4-8-23-20;2*1-2/h3-10,13-17H,11-12H2,1-2H3;2*1-2H3. The molecule has 4 rings (SSSR count). The van der Waals surface area contributed by atoms with E-state index in [9.17, 15) is 0 Å². The summed E-state index contributed by atoms with van der Waals surface area (Å²) in [6.45, 7) is 14.1. The second-order valence-electron chi connectivity index (χ2n) is 6.98. The van der Waals surface area contributed by atoms with E-state index in [2.05, 4.69) is 56.2 Å². The number of nitrogens with zero attached hydrogens (tertiary/aromatic N) is 5. The third-order valence-corrected chi connectivity index (χ3v) is 4.98. The summed E-state index contributed by atoms with van der Waals surface area (Å²) in [7, 11) is 0. The fourth-order valence-electron chi connectivity index (χ4n) is 3.20. The Morgan fingerprint density at radius 1 is 0.900 bits per heavy atom. The highest BCUT2D eigenvalue weighted by Gasteiger charge is 2.13. The van der Waals surface area contributed by atoms with E-state index in [1.165, 1.54) is 5.57 Å². The van der Waals surface area contributed by atoms with E-state index < -0.39 is 0 Å². The molecule has 0 aromatic carbocycles. The van der Waals surface area contributed by atoms with Crippen LogP contribution in [0.15, 0.2) is 73.2 Å². The zero-order chi connectivity index (χ0) is 21.9. The van der Waals surface area contributed by atoms with Crippen molar-refractivity contribution in [2.45, 2.75) is 54.6 Å². The number of aromatic nitrogens is 5. The van der Waals surface area contributed by atoms with E-state index in [0.717, 1.165) is 30.2 Å². The van der Waals surface area contributed by atoms with Crippen molar-refractivity contribution in [2.75, 3.05) is 0 Å². The molecule has 0 fully saturated rings. The Hall–Kier alpha value is -2.95. The zero-order valence-electron chi connectivity index (χ0n) is 19.2. The van der Waals surface area contributed by atoms with Gasteiger partial charge in [0.1, 0.15) is 5.69 Å². The quantitative estimate of drug-likeness (QED) is 0.522. The van der Waals surface area contributed by atoms with Crippen LogP contribution in [0.1, 0.15) is 47.2 Å². The van der Waals surface area contributed by atoms with Gasteiger partial charge in [0.15, 0.2) is 0 Å². The molecule has 0 saturated heterocycles. The first-order chi connectivity index (χ1) is 14.7. The van der Waals surface area contributed by atoms with E-state index in [1.54, 1.807) is 6.20 Å². The molecule has 1 aliphatic carbocycles. The molecule has 0 saturated carbocycles. The van der Waals surface area contributed by atoms with Gasteiger partial charge in [-0.25, -0.2) is 9.97 Å². The van der Waals surface area contributed by atoms with Crippen LogP contribution in [0, 0.1) is 11.8 Å². The van der Waals surface area contributed by atoms with Crippen LogP contribution in [0.25, 0.3) is 11.4 Å². The van der Waals surface area contributed by atoms with Crippen LogP contribution < -0.4 is 0 Å². The van der Waals surface area contributed by atoms with Gasteiger partial charge >= 0.3 is 0 Å². The van der Waals surface area contributed by atoms with Crippen molar-refractivity contribution in [2.24, 2.45) is 11.8 Å². The maximum Gasteiger partial charge on any atom is 0.107 e. The highest BCUT2D eigenvalue weighted by molar-refractivity contribution is 5.52. The summed E-state index contributed by atoms with van der Waals surface area (Å²) >= 11 is 0. The minimum absolute atomic E-state index is 0.580. The molecule has 1 aliphatic rings. The molecule has 3 aromatic heterocycles. The van der Waals surface area contributed by atoms with Gasteiger partial charge in [-0.15, -0.1) is 0 Å². The van der Waals surface area contributed by atoms with Crippen LogP contribution in [0.2, 0.25) is 0 Å². The highest BCUT2D eigenvalue weighted by atomic mass is 15.1. The van der Waals surface area contributed by atoms with Crippen LogP contribution in [-0.4, -0.2) is 24.1 Å². The molecule has 30 heavy (non-hydrogen) atoms. The van der Waals surface area contributed by atoms with E-state index in [4.69, 9.17) is 0 Å². The molecule has 0 radical (unpaired) electrons. The summed E-state index contributed by atoms with van der Waals surface area (Å²) in [4.78, 5) is 13.2. The molecule has 2 atom stereocenters. The Morgan fingerprint density at radius 3 is 2.40 bits per heavy atom. The monoisotopic (exact) mass is 405 g/mol. The molecule has 0 bridgehead atoms. The van der Waals surface area contributed by atoms with E-state index >= 15 is 0 Å². The van der Waals surface area contributed by atoms with E-state index in [1.807, 2.05) is 70.9 Å². The van der Waals surface area contributed by atoms with Crippen molar-refractivity contribution in [3.05, 3.63) is 78.9 Å². The van der Waals surface area contributed by atoms with Gasteiger partial charge in [0.25, 0.3) is 0 Å². The highest BCUT2D eigenvalue weighted by Crippen LogP contribution is 2.23. The van der Waals surface area contributed by atoms with Crippen molar-refractivity contribution in [1.82, 2.24) is 24.1 Å². The Labute approximate surface area is 181 Å². The number of hydrogen-bond acceptors (Lipinski definition) is 3. The van der Waals surface area contributed by atoms with Crippen LogP contribution in [0.4, 0.5) is 0 Å². The Bertz CT molecular complexity index is 933. The number of hydrogen-bond donors (Lipinski definition) is 0. The fraction of sp³-hybridized carbons (Fsp3) is 0.400. The summed E-state index contributed by atoms with van der Waals surface area (Å²) in [6.07, 6.45) is 16.4. The number of allylic oxidation sites excluding steroid dienone is 4. The van der Waals surface area contributed by atoms with Gasteiger partial charge in [0.2, 0.25) is 0 Å².